The van der Waals surface area contributed by atoms with E-state index in [1.165, 1.54) is 0 Å². The molecule has 0 bridgehead atoms. The Labute approximate surface area is 69.7 Å². The van der Waals surface area contributed by atoms with Crippen molar-refractivity contribution in [1.82, 2.24) is 0 Å². The molecule has 0 aromatic rings. The summed E-state index contributed by atoms with van der Waals surface area (Å²) in [5.41, 5.74) is 0. The van der Waals surface area contributed by atoms with Crippen LogP contribution in [-0.4, -0.2) is 0 Å². The summed E-state index contributed by atoms with van der Waals surface area (Å²) in [4.78, 5) is 0. The van der Waals surface area contributed by atoms with Crippen LogP contribution in [0.2, 0.25) is 0 Å². The molecule has 0 fully saturated rings. The summed E-state index contributed by atoms with van der Waals surface area (Å²) >= 11 is 0. The quantitative estimate of drug-likeness (QED) is 0.566. The third-order valence-electron chi connectivity index (χ3n) is 1.50. The van der Waals surface area contributed by atoms with Crippen molar-refractivity contribution in [2.45, 2.75) is 33.6 Å². The maximum atomic E-state index is 8.37. The van der Waals surface area contributed by atoms with Crippen LogP contribution in [-0.2, 0) is 0 Å². The highest BCUT2D eigenvalue weighted by Gasteiger charge is 1.96. The molecular formula is C10H17N. The topological polar surface area (TPSA) is 23.8 Å². The van der Waals surface area contributed by atoms with Crippen molar-refractivity contribution in [3.8, 4) is 6.07 Å². The van der Waals surface area contributed by atoms with E-state index in [1.54, 1.807) is 0 Å². The van der Waals surface area contributed by atoms with Crippen LogP contribution in [0.4, 0.5) is 0 Å². The van der Waals surface area contributed by atoms with E-state index in [9.17, 15) is 0 Å². The Bertz CT molecular complexity index is 151. The fourth-order valence-electron chi connectivity index (χ4n) is 0.822. The lowest BCUT2D eigenvalue weighted by molar-refractivity contribution is 0.606. The largest absolute Gasteiger partial charge is 0.198 e. The second kappa shape index (κ2) is 5.97. The molecule has 0 saturated carbocycles. The highest BCUT2D eigenvalue weighted by molar-refractivity contribution is 4.87. The maximum absolute atomic E-state index is 8.37. The van der Waals surface area contributed by atoms with E-state index >= 15 is 0 Å². The average molecular weight is 151 g/mol. The molecule has 0 saturated heterocycles. The van der Waals surface area contributed by atoms with Gasteiger partial charge < -0.3 is 0 Å². The first-order chi connectivity index (χ1) is 5.16. The number of hydrogen-bond donors (Lipinski definition) is 0. The van der Waals surface area contributed by atoms with Gasteiger partial charge in [-0.05, 0) is 18.3 Å². The highest BCUT2D eigenvalue weighted by Crippen LogP contribution is 2.07. The van der Waals surface area contributed by atoms with Crippen molar-refractivity contribution in [2.75, 3.05) is 0 Å². The van der Waals surface area contributed by atoms with Gasteiger partial charge in [0.1, 0.15) is 0 Å². The first-order valence-corrected chi connectivity index (χ1v) is 4.20. The van der Waals surface area contributed by atoms with Crippen LogP contribution in [0.3, 0.4) is 0 Å². The van der Waals surface area contributed by atoms with E-state index in [2.05, 4.69) is 39.0 Å². The van der Waals surface area contributed by atoms with E-state index in [-0.39, 0.29) is 0 Å². The van der Waals surface area contributed by atoms with Crippen molar-refractivity contribution in [1.29, 1.82) is 5.26 Å². The smallest absolute Gasteiger partial charge is 0.0624 e. The summed E-state index contributed by atoms with van der Waals surface area (Å²) in [7, 11) is 0. The molecule has 0 N–H and O–H groups in total. The summed E-state index contributed by atoms with van der Waals surface area (Å²) in [5.74, 6) is 1.14. The molecule has 0 heterocycles. The normalized spacial score (nSPS) is 13.7. The van der Waals surface area contributed by atoms with Crippen molar-refractivity contribution < 1.29 is 0 Å². The van der Waals surface area contributed by atoms with E-state index in [0.29, 0.717) is 18.3 Å². The summed E-state index contributed by atoms with van der Waals surface area (Å²) in [6.07, 6.45) is 6.06. The molecule has 1 heteroatoms. The summed E-state index contributed by atoms with van der Waals surface area (Å²) in [6.45, 7) is 6.42. The molecule has 0 aliphatic heterocycles. The maximum Gasteiger partial charge on any atom is 0.0624 e. The van der Waals surface area contributed by atoms with Gasteiger partial charge in [0.15, 0.2) is 0 Å². The zero-order valence-corrected chi connectivity index (χ0v) is 7.67. The van der Waals surface area contributed by atoms with Gasteiger partial charge in [-0.1, -0.05) is 32.9 Å². The van der Waals surface area contributed by atoms with E-state index in [1.807, 2.05) is 0 Å². The first kappa shape index (κ1) is 10.2. The monoisotopic (exact) mass is 151 g/mol. The van der Waals surface area contributed by atoms with Gasteiger partial charge in [0, 0.05) is 6.42 Å². The molecule has 0 radical (unpaired) electrons. The molecule has 0 amide bonds. The Morgan fingerprint density at radius 2 is 2.00 bits per heavy atom. The number of allylic oxidation sites excluding steroid dienone is 2. The molecule has 1 nitrogen and oxygen atoms in total. The molecular weight excluding hydrogens is 134 g/mol. The standard InChI is InChI=1S/C10H17N/c1-9(2)5-4-6-10(3)7-8-11/h4-5,9-10H,6-7H2,1-3H3/b5-4+. The lowest BCUT2D eigenvalue weighted by atomic mass is 10.0. The van der Waals surface area contributed by atoms with Gasteiger partial charge in [-0.25, -0.2) is 0 Å². The second-order valence-electron chi connectivity index (χ2n) is 3.38. The van der Waals surface area contributed by atoms with Gasteiger partial charge in [0.2, 0.25) is 0 Å². The van der Waals surface area contributed by atoms with E-state index in [4.69, 9.17) is 5.26 Å². The molecule has 0 aliphatic carbocycles. The molecule has 0 aliphatic rings. The average Bonchev–Trinajstić information content (AvgIpc) is 1.87. The predicted octanol–water partition coefficient (Wildman–Crippen LogP) is 3.14. The third kappa shape index (κ3) is 7.12. The van der Waals surface area contributed by atoms with Crippen LogP contribution < -0.4 is 0 Å². The van der Waals surface area contributed by atoms with Crippen molar-refractivity contribution in [3.63, 3.8) is 0 Å². The van der Waals surface area contributed by atoms with Crippen LogP contribution in [0.25, 0.3) is 0 Å². The van der Waals surface area contributed by atoms with Crippen LogP contribution in [0.5, 0.6) is 0 Å². The van der Waals surface area contributed by atoms with Gasteiger partial charge in [-0.3, -0.25) is 0 Å². The van der Waals surface area contributed by atoms with Gasteiger partial charge >= 0.3 is 0 Å². The Morgan fingerprint density at radius 3 is 2.45 bits per heavy atom. The minimum absolute atomic E-state index is 0.509. The van der Waals surface area contributed by atoms with Crippen LogP contribution in [0.15, 0.2) is 12.2 Å². The van der Waals surface area contributed by atoms with Crippen LogP contribution >= 0.6 is 0 Å². The second-order valence-corrected chi connectivity index (χ2v) is 3.38. The minimum atomic E-state index is 0.509. The zero-order valence-electron chi connectivity index (χ0n) is 7.67. The molecule has 62 valence electrons. The third-order valence-corrected chi connectivity index (χ3v) is 1.50. The van der Waals surface area contributed by atoms with Gasteiger partial charge in [-0.15, -0.1) is 0 Å². The Kier molecular flexibility index (Phi) is 5.56. The van der Waals surface area contributed by atoms with Gasteiger partial charge in [-0.2, -0.15) is 5.26 Å². The highest BCUT2D eigenvalue weighted by atomic mass is 14.2. The van der Waals surface area contributed by atoms with Crippen molar-refractivity contribution in [3.05, 3.63) is 12.2 Å². The van der Waals surface area contributed by atoms with Crippen molar-refractivity contribution >= 4 is 0 Å². The molecule has 1 atom stereocenters. The van der Waals surface area contributed by atoms with Crippen LogP contribution in [0, 0.1) is 23.2 Å². The molecule has 11 heavy (non-hydrogen) atoms. The van der Waals surface area contributed by atoms with Crippen molar-refractivity contribution in [2.24, 2.45) is 11.8 Å². The van der Waals surface area contributed by atoms with Gasteiger partial charge in [0.25, 0.3) is 0 Å². The molecule has 0 spiro atoms. The lowest BCUT2D eigenvalue weighted by Crippen LogP contribution is -1.90. The summed E-state index contributed by atoms with van der Waals surface area (Å²) < 4.78 is 0. The number of hydrogen-bond acceptors (Lipinski definition) is 1. The Morgan fingerprint density at radius 1 is 1.36 bits per heavy atom. The molecule has 1 unspecified atom stereocenters. The lowest BCUT2D eigenvalue weighted by Gasteiger charge is -2.01. The van der Waals surface area contributed by atoms with E-state index in [0.717, 1.165) is 6.42 Å². The SMILES string of the molecule is CC(C)/C=C/CC(C)CC#N. The van der Waals surface area contributed by atoms with Crippen LogP contribution in [0.1, 0.15) is 33.6 Å². The number of nitriles is 1. The zero-order chi connectivity index (χ0) is 8.69. The molecule has 0 aromatic carbocycles. The fourth-order valence-corrected chi connectivity index (χ4v) is 0.822. The number of rotatable bonds is 4. The molecule has 0 aromatic heterocycles. The first-order valence-electron chi connectivity index (χ1n) is 4.20. The molecule has 0 rings (SSSR count). The Balaban J connectivity index is 3.46. The minimum Gasteiger partial charge on any atom is -0.198 e. The Hall–Kier alpha value is -0.770. The van der Waals surface area contributed by atoms with Gasteiger partial charge in [0.05, 0.1) is 6.07 Å². The predicted molar refractivity (Wildman–Crippen MR) is 48.0 cm³/mol. The fraction of sp³-hybridized carbons (Fsp3) is 0.700. The number of nitrogens with zero attached hydrogens (tertiary/aromatic N) is 1. The van der Waals surface area contributed by atoms with E-state index < -0.39 is 0 Å². The summed E-state index contributed by atoms with van der Waals surface area (Å²) in [6, 6.07) is 2.17. The summed E-state index contributed by atoms with van der Waals surface area (Å²) in [5, 5.41) is 8.37.